The molecule has 1 N–H and O–H groups in total. The second-order valence-corrected chi connectivity index (χ2v) is 6.86. The Kier molecular flexibility index (Phi) is 6.76. The van der Waals surface area contributed by atoms with E-state index in [0.29, 0.717) is 17.9 Å². The summed E-state index contributed by atoms with van der Waals surface area (Å²) in [5.74, 6) is 0.537. The van der Waals surface area contributed by atoms with Crippen molar-refractivity contribution in [1.82, 2.24) is 4.72 Å². The van der Waals surface area contributed by atoms with Gasteiger partial charge in [0.15, 0.2) is 11.5 Å². The predicted molar refractivity (Wildman–Crippen MR) is 91.3 cm³/mol. The van der Waals surface area contributed by atoms with E-state index in [4.69, 9.17) is 9.47 Å². The highest BCUT2D eigenvalue weighted by Gasteiger charge is 2.15. The van der Waals surface area contributed by atoms with Crippen LogP contribution >= 0.6 is 0 Å². The van der Waals surface area contributed by atoms with Gasteiger partial charge in [-0.05, 0) is 48.9 Å². The zero-order valence-corrected chi connectivity index (χ0v) is 15.1. The molecule has 26 heavy (non-hydrogen) atoms. The molecule has 0 aromatic heterocycles. The summed E-state index contributed by atoms with van der Waals surface area (Å²) in [5.41, 5.74) is 0.526. The van der Waals surface area contributed by atoms with E-state index in [1.54, 1.807) is 12.1 Å². The van der Waals surface area contributed by atoms with Crippen molar-refractivity contribution in [2.45, 2.75) is 25.0 Å². The van der Waals surface area contributed by atoms with Crippen molar-refractivity contribution in [2.75, 3.05) is 13.7 Å². The third kappa shape index (κ3) is 5.30. The van der Waals surface area contributed by atoms with Crippen LogP contribution in [-0.2, 0) is 16.6 Å². The van der Waals surface area contributed by atoms with Crippen LogP contribution < -0.4 is 18.9 Å². The zero-order valence-electron chi connectivity index (χ0n) is 14.2. The third-order valence-corrected chi connectivity index (χ3v) is 4.77. The van der Waals surface area contributed by atoms with Crippen LogP contribution in [0.15, 0.2) is 47.4 Å². The average molecular weight is 387 g/mol. The minimum Gasteiger partial charge on any atom is -0.494 e. The smallest absolute Gasteiger partial charge is 0.387 e. The lowest BCUT2D eigenvalue weighted by molar-refractivity contribution is -0.0512. The number of nitrogens with one attached hydrogen (secondary N) is 1. The molecule has 0 radical (unpaired) electrons. The van der Waals surface area contributed by atoms with Crippen molar-refractivity contribution in [3.8, 4) is 17.2 Å². The summed E-state index contributed by atoms with van der Waals surface area (Å²) in [6.07, 6.45) is 0. The SMILES string of the molecule is CCOc1ccc(S(=O)(=O)NCc2ccc(OC(F)F)c(OC)c2)cc1. The molecular weight excluding hydrogens is 368 g/mol. The van der Waals surface area contributed by atoms with Crippen molar-refractivity contribution >= 4 is 10.0 Å². The van der Waals surface area contributed by atoms with E-state index in [1.807, 2.05) is 6.92 Å². The number of methoxy groups -OCH3 is 1. The second kappa shape index (κ2) is 8.81. The lowest BCUT2D eigenvalue weighted by atomic mass is 10.2. The fourth-order valence-electron chi connectivity index (χ4n) is 2.16. The van der Waals surface area contributed by atoms with Gasteiger partial charge in [0.05, 0.1) is 18.6 Å². The first-order chi connectivity index (χ1) is 12.4. The van der Waals surface area contributed by atoms with Crippen molar-refractivity contribution in [3.63, 3.8) is 0 Å². The molecule has 0 aliphatic heterocycles. The first-order valence-corrected chi connectivity index (χ1v) is 9.18. The fourth-order valence-corrected chi connectivity index (χ4v) is 3.18. The number of hydrogen-bond acceptors (Lipinski definition) is 5. The van der Waals surface area contributed by atoms with Gasteiger partial charge >= 0.3 is 6.61 Å². The second-order valence-electron chi connectivity index (χ2n) is 5.09. The van der Waals surface area contributed by atoms with E-state index < -0.39 is 16.6 Å². The van der Waals surface area contributed by atoms with Gasteiger partial charge in [-0.2, -0.15) is 8.78 Å². The molecule has 0 aliphatic carbocycles. The molecule has 0 fully saturated rings. The minimum absolute atomic E-state index is 0.0408. The number of ether oxygens (including phenoxy) is 3. The van der Waals surface area contributed by atoms with Gasteiger partial charge in [0, 0.05) is 6.54 Å². The van der Waals surface area contributed by atoms with Crippen LogP contribution in [0.25, 0.3) is 0 Å². The monoisotopic (exact) mass is 387 g/mol. The average Bonchev–Trinajstić information content (AvgIpc) is 2.61. The molecule has 6 nitrogen and oxygen atoms in total. The number of rotatable bonds is 9. The highest BCUT2D eigenvalue weighted by molar-refractivity contribution is 7.89. The van der Waals surface area contributed by atoms with Crippen LogP contribution in [0.5, 0.6) is 17.2 Å². The Morgan fingerprint density at radius 2 is 1.77 bits per heavy atom. The van der Waals surface area contributed by atoms with E-state index in [9.17, 15) is 17.2 Å². The molecule has 2 aromatic carbocycles. The molecule has 0 unspecified atom stereocenters. The molecule has 2 aromatic rings. The maximum Gasteiger partial charge on any atom is 0.387 e. The lowest BCUT2D eigenvalue weighted by Gasteiger charge is -2.12. The Morgan fingerprint density at radius 1 is 1.08 bits per heavy atom. The number of halogens is 2. The molecule has 2 rings (SSSR count). The Morgan fingerprint density at radius 3 is 2.35 bits per heavy atom. The van der Waals surface area contributed by atoms with E-state index in [0.717, 1.165) is 0 Å². The molecule has 0 saturated carbocycles. The van der Waals surface area contributed by atoms with Crippen molar-refractivity contribution in [1.29, 1.82) is 0 Å². The van der Waals surface area contributed by atoms with Gasteiger partial charge in [-0.15, -0.1) is 0 Å². The summed E-state index contributed by atoms with van der Waals surface area (Å²) in [6.45, 7) is -0.705. The maximum atomic E-state index is 12.3. The molecule has 0 heterocycles. The maximum absolute atomic E-state index is 12.3. The molecule has 9 heteroatoms. The Bertz CT molecular complexity index is 826. The summed E-state index contributed by atoms with van der Waals surface area (Å²) in [5, 5.41) is 0. The number of hydrogen-bond donors (Lipinski definition) is 1. The van der Waals surface area contributed by atoms with Gasteiger partial charge in [-0.1, -0.05) is 6.07 Å². The van der Waals surface area contributed by atoms with E-state index in [2.05, 4.69) is 9.46 Å². The highest BCUT2D eigenvalue weighted by Crippen LogP contribution is 2.29. The molecular formula is C17H19F2NO5S. The zero-order chi connectivity index (χ0) is 19.2. The van der Waals surface area contributed by atoms with Crippen LogP contribution in [0.1, 0.15) is 12.5 Å². The van der Waals surface area contributed by atoms with Crippen molar-refractivity contribution < 1.29 is 31.4 Å². The van der Waals surface area contributed by atoms with Crippen LogP contribution in [0.2, 0.25) is 0 Å². The molecule has 0 spiro atoms. The molecule has 0 aliphatic rings. The van der Waals surface area contributed by atoms with Gasteiger partial charge in [0.25, 0.3) is 0 Å². The Hall–Kier alpha value is -2.39. The highest BCUT2D eigenvalue weighted by atomic mass is 32.2. The first-order valence-electron chi connectivity index (χ1n) is 7.70. The van der Waals surface area contributed by atoms with Gasteiger partial charge < -0.3 is 14.2 Å². The standard InChI is InChI=1S/C17H19F2NO5S/c1-3-24-13-5-7-14(8-6-13)26(21,22)20-11-12-4-9-15(25-17(18)19)16(10-12)23-2/h4-10,17,20H,3,11H2,1-2H3. The van der Waals surface area contributed by atoms with Crippen LogP contribution in [0, 0.1) is 0 Å². The number of sulfonamides is 1. The summed E-state index contributed by atoms with van der Waals surface area (Å²) in [6, 6.07) is 10.2. The largest absolute Gasteiger partial charge is 0.494 e. The van der Waals surface area contributed by atoms with Gasteiger partial charge in [-0.3, -0.25) is 0 Å². The number of benzene rings is 2. The molecule has 0 atom stereocenters. The van der Waals surface area contributed by atoms with Crippen LogP contribution in [0.4, 0.5) is 8.78 Å². The van der Waals surface area contributed by atoms with Crippen LogP contribution in [-0.4, -0.2) is 28.7 Å². The first kappa shape index (κ1) is 19.9. The third-order valence-electron chi connectivity index (χ3n) is 3.36. The summed E-state index contributed by atoms with van der Waals surface area (Å²) < 4.78 is 66.4. The summed E-state index contributed by atoms with van der Waals surface area (Å²) >= 11 is 0. The van der Waals surface area contributed by atoms with Crippen molar-refractivity contribution in [2.24, 2.45) is 0 Å². The molecule has 0 bridgehead atoms. The molecule has 0 saturated heterocycles. The van der Waals surface area contributed by atoms with Crippen molar-refractivity contribution in [3.05, 3.63) is 48.0 Å². The minimum atomic E-state index is -3.74. The fraction of sp³-hybridized carbons (Fsp3) is 0.294. The topological polar surface area (TPSA) is 73.9 Å². The lowest BCUT2D eigenvalue weighted by Crippen LogP contribution is -2.23. The van der Waals surface area contributed by atoms with Gasteiger partial charge in [0.1, 0.15) is 5.75 Å². The Labute approximate surface area is 150 Å². The normalized spacial score (nSPS) is 11.4. The molecule has 0 amide bonds. The van der Waals surface area contributed by atoms with Gasteiger partial charge in [-0.25, -0.2) is 13.1 Å². The summed E-state index contributed by atoms with van der Waals surface area (Å²) in [7, 11) is -2.43. The van der Waals surface area contributed by atoms with E-state index >= 15 is 0 Å². The molecule has 142 valence electrons. The van der Waals surface area contributed by atoms with E-state index in [-0.39, 0.29) is 22.9 Å². The van der Waals surface area contributed by atoms with Gasteiger partial charge in [0.2, 0.25) is 10.0 Å². The predicted octanol–water partition coefficient (Wildman–Crippen LogP) is 3.17. The quantitative estimate of drug-likeness (QED) is 0.715. The van der Waals surface area contributed by atoms with E-state index in [1.165, 1.54) is 37.4 Å². The van der Waals surface area contributed by atoms with Crippen LogP contribution in [0.3, 0.4) is 0 Å². The summed E-state index contributed by atoms with van der Waals surface area (Å²) in [4.78, 5) is 0.0885. The Balaban J connectivity index is 2.09. The number of alkyl halides is 2.